The molecule has 8 heteroatoms. The zero-order chi connectivity index (χ0) is 19.9. The Morgan fingerprint density at radius 2 is 2.18 bits per heavy atom. The third-order valence-electron chi connectivity index (χ3n) is 4.26. The first-order chi connectivity index (χ1) is 12.8. The second kappa shape index (κ2) is 11.4. The van der Waals surface area contributed by atoms with E-state index < -0.39 is 5.60 Å². The molecule has 28 heavy (non-hydrogen) atoms. The maximum Gasteiger partial charge on any atom is 0.410 e. The van der Waals surface area contributed by atoms with Gasteiger partial charge >= 0.3 is 6.09 Å². The monoisotopic (exact) mass is 503 g/mol. The van der Waals surface area contributed by atoms with Crippen LogP contribution < -0.4 is 10.6 Å². The van der Waals surface area contributed by atoms with E-state index in [1.807, 2.05) is 46.8 Å². The Morgan fingerprint density at radius 3 is 2.82 bits per heavy atom. The number of nitrogens with zero attached hydrogens (tertiary/aromatic N) is 3. The van der Waals surface area contributed by atoms with Gasteiger partial charge in [0, 0.05) is 31.9 Å². The fourth-order valence-electron chi connectivity index (χ4n) is 2.94. The van der Waals surface area contributed by atoms with E-state index in [4.69, 9.17) is 4.74 Å². The number of aliphatic imine (C=N–C) groups is 1. The van der Waals surface area contributed by atoms with E-state index in [0.29, 0.717) is 13.1 Å². The Labute approximate surface area is 185 Å². The van der Waals surface area contributed by atoms with Gasteiger partial charge in [0.15, 0.2) is 5.96 Å². The van der Waals surface area contributed by atoms with Gasteiger partial charge < -0.3 is 20.3 Å². The number of pyridine rings is 1. The second-order valence-corrected chi connectivity index (χ2v) is 7.87. The van der Waals surface area contributed by atoms with Crippen LogP contribution in [0.3, 0.4) is 0 Å². The number of likely N-dealkylation sites (tertiary alicyclic amines) is 1. The number of carbonyl (C=O) groups is 1. The van der Waals surface area contributed by atoms with Crippen LogP contribution in [-0.2, 0) is 11.3 Å². The van der Waals surface area contributed by atoms with E-state index in [1.54, 1.807) is 11.1 Å². The highest BCUT2D eigenvalue weighted by Crippen LogP contribution is 2.15. The van der Waals surface area contributed by atoms with Crippen LogP contribution in [0, 0.1) is 6.92 Å². The molecule has 1 amide bonds. The predicted molar refractivity (Wildman–Crippen MR) is 123 cm³/mol. The van der Waals surface area contributed by atoms with Crippen molar-refractivity contribution in [3.8, 4) is 0 Å². The number of aryl methyl sites for hydroxylation is 1. The van der Waals surface area contributed by atoms with Crippen molar-refractivity contribution in [2.75, 3.05) is 19.6 Å². The van der Waals surface area contributed by atoms with Crippen LogP contribution in [0.25, 0.3) is 0 Å². The maximum atomic E-state index is 12.3. The number of nitrogens with one attached hydrogen (secondary N) is 2. The van der Waals surface area contributed by atoms with Gasteiger partial charge in [-0.1, -0.05) is 6.07 Å². The van der Waals surface area contributed by atoms with Gasteiger partial charge in [-0.2, -0.15) is 0 Å². The molecule has 1 aliphatic heterocycles. The number of ether oxygens (including phenoxy) is 1. The number of hydrogen-bond donors (Lipinski definition) is 2. The molecule has 1 aliphatic rings. The summed E-state index contributed by atoms with van der Waals surface area (Å²) in [6, 6.07) is 4.12. The standard InChI is InChI=1S/C20H33N5O2.HI/c1-6-21-18(23-13-17-15(2)9-7-11-22-17)24-16-10-8-12-25(14-16)19(26)27-20(3,4)5;/h7,9,11,16H,6,8,10,12-14H2,1-5H3,(H2,21,23,24);1H. The molecule has 0 aromatic carbocycles. The fraction of sp³-hybridized carbons (Fsp3) is 0.650. The number of aromatic nitrogens is 1. The fourth-order valence-corrected chi connectivity index (χ4v) is 2.94. The molecule has 1 aromatic heterocycles. The first kappa shape index (κ1) is 24.5. The third-order valence-corrected chi connectivity index (χ3v) is 4.26. The van der Waals surface area contributed by atoms with Crippen LogP contribution in [0.15, 0.2) is 23.3 Å². The lowest BCUT2D eigenvalue weighted by molar-refractivity contribution is 0.0193. The van der Waals surface area contributed by atoms with Crippen molar-refractivity contribution in [1.29, 1.82) is 0 Å². The summed E-state index contributed by atoms with van der Waals surface area (Å²) in [7, 11) is 0. The van der Waals surface area contributed by atoms with Crippen molar-refractivity contribution >= 4 is 36.0 Å². The molecule has 0 radical (unpaired) electrons. The zero-order valence-corrected chi connectivity index (χ0v) is 19.9. The quantitative estimate of drug-likeness (QED) is 0.374. The minimum absolute atomic E-state index is 0. The normalized spacial score (nSPS) is 17.5. The molecular formula is C20H34IN5O2. The zero-order valence-electron chi connectivity index (χ0n) is 17.6. The van der Waals surface area contributed by atoms with Crippen molar-refractivity contribution in [3.05, 3.63) is 29.6 Å². The van der Waals surface area contributed by atoms with Gasteiger partial charge in [0.25, 0.3) is 0 Å². The highest BCUT2D eigenvalue weighted by atomic mass is 127. The van der Waals surface area contributed by atoms with Crippen molar-refractivity contribution < 1.29 is 9.53 Å². The molecule has 1 aromatic rings. The molecule has 0 saturated carbocycles. The summed E-state index contributed by atoms with van der Waals surface area (Å²) in [6.07, 6.45) is 3.47. The van der Waals surface area contributed by atoms with Gasteiger partial charge in [0.2, 0.25) is 0 Å². The number of piperidine rings is 1. The molecule has 1 saturated heterocycles. The average molecular weight is 503 g/mol. The Hall–Kier alpha value is -1.58. The number of rotatable bonds is 4. The number of amides is 1. The van der Waals surface area contributed by atoms with Crippen molar-refractivity contribution in [2.45, 2.75) is 65.6 Å². The predicted octanol–water partition coefficient (Wildman–Crippen LogP) is 3.46. The minimum atomic E-state index is -0.478. The molecular weight excluding hydrogens is 469 g/mol. The molecule has 7 nitrogen and oxygen atoms in total. The van der Waals surface area contributed by atoms with Gasteiger partial charge in [-0.05, 0) is 59.1 Å². The second-order valence-electron chi connectivity index (χ2n) is 7.87. The van der Waals surface area contributed by atoms with E-state index in [2.05, 4.69) is 20.6 Å². The van der Waals surface area contributed by atoms with E-state index in [9.17, 15) is 4.79 Å². The smallest absolute Gasteiger partial charge is 0.410 e. The van der Waals surface area contributed by atoms with Crippen molar-refractivity contribution in [2.24, 2.45) is 4.99 Å². The van der Waals surface area contributed by atoms with E-state index in [-0.39, 0.29) is 36.1 Å². The lowest BCUT2D eigenvalue weighted by Crippen LogP contribution is -2.53. The molecule has 0 aliphatic carbocycles. The average Bonchev–Trinajstić information content (AvgIpc) is 2.60. The number of guanidine groups is 1. The van der Waals surface area contributed by atoms with E-state index >= 15 is 0 Å². The van der Waals surface area contributed by atoms with Gasteiger partial charge in [-0.3, -0.25) is 4.98 Å². The number of carbonyl (C=O) groups excluding carboxylic acids is 1. The van der Waals surface area contributed by atoms with Crippen molar-refractivity contribution in [1.82, 2.24) is 20.5 Å². The maximum absolute atomic E-state index is 12.3. The summed E-state index contributed by atoms with van der Waals surface area (Å²) in [5.41, 5.74) is 1.62. The Balaban J connectivity index is 0.00000392. The van der Waals surface area contributed by atoms with Crippen LogP contribution in [0.2, 0.25) is 0 Å². The number of hydrogen-bond acceptors (Lipinski definition) is 4. The molecule has 158 valence electrons. The molecule has 2 N–H and O–H groups in total. The Bertz CT molecular complexity index is 660. The van der Waals surface area contributed by atoms with Crippen molar-refractivity contribution in [3.63, 3.8) is 0 Å². The van der Waals surface area contributed by atoms with E-state index in [1.165, 1.54) is 0 Å². The molecule has 0 spiro atoms. The number of halogens is 1. The third kappa shape index (κ3) is 8.20. The first-order valence-electron chi connectivity index (χ1n) is 9.71. The molecule has 2 heterocycles. The summed E-state index contributed by atoms with van der Waals surface area (Å²) in [4.78, 5) is 23.2. The molecule has 0 bridgehead atoms. The van der Waals surface area contributed by atoms with Gasteiger partial charge in [0.05, 0.1) is 12.2 Å². The Morgan fingerprint density at radius 1 is 1.43 bits per heavy atom. The lowest BCUT2D eigenvalue weighted by atomic mass is 10.1. The molecule has 1 atom stereocenters. The van der Waals surface area contributed by atoms with Crippen LogP contribution in [0.4, 0.5) is 4.79 Å². The molecule has 1 fully saturated rings. The summed E-state index contributed by atoms with van der Waals surface area (Å²) in [6.45, 7) is 12.4. The Kier molecular flexibility index (Phi) is 9.98. The topological polar surface area (TPSA) is 78.9 Å². The highest BCUT2D eigenvalue weighted by Gasteiger charge is 2.28. The van der Waals surface area contributed by atoms with Gasteiger partial charge in [0.1, 0.15) is 5.60 Å². The summed E-state index contributed by atoms with van der Waals surface area (Å²) in [5, 5.41) is 6.73. The minimum Gasteiger partial charge on any atom is -0.444 e. The van der Waals surface area contributed by atoms with Gasteiger partial charge in [-0.15, -0.1) is 24.0 Å². The first-order valence-corrected chi connectivity index (χ1v) is 9.71. The summed E-state index contributed by atoms with van der Waals surface area (Å²) < 4.78 is 5.50. The van der Waals surface area contributed by atoms with E-state index in [0.717, 1.165) is 43.1 Å². The van der Waals surface area contributed by atoms with Crippen LogP contribution >= 0.6 is 24.0 Å². The molecule has 1 unspecified atom stereocenters. The largest absolute Gasteiger partial charge is 0.444 e. The summed E-state index contributed by atoms with van der Waals surface area (Å²) in [5.74, 6) is 0.749. The van der Waals surface area contributed by atoms with Gasteiger partial charge in [-0.25, -0.2) is 9.79 Å². The van der Waals surface area contributed by atoms with Crippen LogP contribution in [0.5, 0.6) is 0 Å². The molecule has 2 rings (SSSR count). The lowest BCUT2D eigenvalue weighted by Gasteiger charge is -2.35. The highest BCUT2D eigenvalue weighted by molar-refractivity contribution is 14.0. The van der Waals surface area contributed by atoms with Crippen LogP contribution in [-0.4, -0.2) is 53.2 Å². The summed E-state index contributed by atoms with van der Waals surface area (Å²) >= 11 is 0. The van der Waals surface area contributed by atoms with Crippen LogP contribution in [0.1, 0.15) is 51.8 Å². The SMILES string of the molecule is CCNC(=NCc1ncccc1C)NC1CCCN(C(=O)OC(C)(C)C)C1.I.